The van der Waals surface area contributed by atoms with Crippen molar-refractivity contribution in [3.63, 3.8) is 0 Å². The van der Waals surface area contributed by atoms with Crippen molar-refractivity contribution in [2.45, 2.75) is 12.8 Å². The summed E-state index contributed by atoms with van der Waals surface area (Å²) < 4.78 is 47.5. The van der Waals surface area contributed by atoms with E-state index in [0.717, 1.165) is 12.1 Å². The fraction of sp³-hybridized carbons (Fsp3) is 0.200. The Morgan fingerprint density at radius 2 is 2.00 bits per heavy atom. The second-order valence-electron chi connectivity index (χ2n) is 4.46. The third kappa shape index (κ3) is 5.45. The number of carbonyl (C=O) groups excluding carboxylic acids is 1. The summed E-state index contributed by atoms with van der Waals surface area (Å²) in [4.78, 5) is 15.3. The molecule has 0 unspecified atom stereocenters. The molecule has 0 radical (unpaired) electrons. The Labute approximate surface area is 134 Å². The number of rotatable bonds is 5. The number of aromatic nitrogens is 1. The number of nitrogens with zero attached hydrogens (tertiary/aromatic N) is 1. The van der Waals surface area contributed by atoms with E-state index in [1.807, 2.05) is 0 Å². The minimum atomic E-state index is -4.47. The number of pyridine rings is 1. The van der Waals surface area contributed by atoms with Gasteiger partial charge in [0.2, 0.25) is 0 Å². The van der Waals surface area contributed by atoms with Crippen LogP contribution in [0.2, 0.25) is 5.15 Å². The van der Waals surface area contributed by atoms with Crippen LogP contribution in [-0.4, -0.2) is 17.6 Å². The van der Waals surface area contributed by atoms with Gasteiger partial charge in [-0.3, -0.25) is 0 Å². The normalized spacial score (nSPS) is 11.1. The smallest absolute Gasteiger partial charge is 0.416 e. The van der Waals surface area contributed by atoms with E-state index in [9.17, 15) is 18.0 Å². The van der Waals surface area contributed by atoms with Crippen molar-refractivity contribution in [1.29, 1.82) is 0 Å². The molecule has 0 fully saturated rings. The Morgan fingerprint density at radius 3 is 2.65 bits per heavy atom. The van der Waals surface area contributed by atoms with Crippen molar-refractivity contribution >= 4 is 17.6 Å². The van der Waals surface area contributed by atoms with Crippen LogP contribution in [0.4, 0.5) is 13.2 Å². The van der Waals surface area contributed by atoms with E-state index in [1.165, 1.54) is 18.3 Å². The number of carbonyl (C=O) groups is 1. The molecule has 4 nitrogen and oxygen atoms in total. The zero-order chi connectivity index (χ0) is 16.9. The van der Waals surface area contributed by atoms with Gasteiger partial charge in [-0.1, -0.05) is 23.7 Å². The van der Waals surface area contributed by atoms with Gasteiger partial charge in [-0.15, -0.1) is 0 Å². The Kier molecular flexibility index (Phi) is 5.44. The highest BCUT2D eigenvalue weighted by Gasteiger charge is 2.30. The molecule has 122 valence electrons. The zero-order valence-electron chi connectivity index (χ0n) is 11.6. The van der Waals surface area contributed by atoms with Crippen molar-refractivity contribution in [1.82, 2.24) is 4.98 Å². The summed E-state index contributed by atoms with van der Waals surface area (Å²) >= 11 is 5.62. The van der Waals surface area contributed by atoms with Gasteiger partial charge in [0, 0.05) is 11.8 Å². The maximum atomic E-state index is 12.5. The van der Waals surface area contributed by atoms with Crippen LogP contribution in [0.25, 0.3) is 0 Å². The SMILES string of the molecule is O=C(COc1cccc(C(F)(F)F)c1)OCc1ccc(Cl)nc1. The van der Waals surface area contributed by atoms with Crippen LogP contribution in [-0.2, 0) is 22.3 Å². The molecular weight excluding hydrogens is 335 g/mol. The first-order valence-electron chi connectivity index (χ1n) is 6.41. The standard InChI is InChI=1S/C15H11ClF3NO3/c16-13-5-4-10(7-20-13)8-23-14(21)9-22-12-3-1-2-11(6-12)15(17,18)19/h1-7H,8-9H2. The lowest BCUT2D eigenvalue weighted by Crippen LogP contribution is -2.15. The molecule has 0 aliphatic heterocycles. The molecule has 0 aliphatic carbocycles. The number of hydrogen-bond donors (Lipinski definition) is 0. The van der Waals surface area contributed by atoms with Gasteiger partial charge in [0.1, 0.15) is 17.5 Å². The Balaban J connectivity index is 1.83. The number of benzene rings is 1. The molecule has 0 spiro atoms. The molecule has 1 aromatic heterocycles. The van der Waals surface area contributed by atoms with E-state index in [1.54, 1.807) is 12.1 Å². The topological polar surface area (TPSA) is 48.4 Å². The summed E-state index contributed by atoms with van der Waals surface area (Å²) in [6, 6.07) is 7.43. The minimum absolute atomic E-state index is 0.0328. The minimum Gasteiger partial charge on any atom is -0.482 e. The number of esters is 1. The van der Waals surface area contributed by atoms with Crippen LogP contribution in [0.1, 0.15) is 11.1 Å². The molecule has 0 atom stereocenters. The average Bonchev–Trinajstić information content (AvgIpc) is 2.52. The monoisotopic (exact) mass is 345 g/mol. The summed E-state index contributed by atoms with van der Waals surface area (Å²) in [7, 11) is 0. The zero-order valence-corrected chi connectivity index (χ0v) is 12.4. The molecule has 1 heterocycles. The van der Waals surface area contributed by atoms with Crippen LogP contribution in [0.3, 0.4) is 0 Å². The quantitative estimate of drug-likeness (QED) is 0.609. The lowest BCUT2D eigenvalue weighted by molar-refractivity contribution is -0.147. The Hall–Kier alpha value is -2.28. The van der Waals surface area contributed by atoms with Crippen LogP contribution in [0.15, 0.2) is 42.6 Å². The van der Waals surface area contributed by atoms with Crippen LogP contribution < -0.4 is 4.74 Å². The van der Waals surface area contributed by atoms with Crippen LogP contribution >= 0.6 is 11.6 Å². The lowest BCUT2D eigenvalue weighted by atomic mass is 10.2. The molecule has 0 aliphatic rings. The van der Waals surface area contributed by atoms with E-state index in [0.29, 0.717) is 10.7 Å². The molecule has 0 N–H and O–H groups in total. The highest BCUT2D eigenvalue weighted by Crippen LogP contribution is 2.31. The molecular formula is C15H11ClF3NO3. The van der Waals surface area contributed by atoms with E-state index >= 15 is 0 Å². The van der Waals surface area contributed by atoms with E-state index < -0.39 is 24.3 Å². The van der Waals surface area contributed by atoms with Crippen molar-refractivity contribution in [2.75, 3.05) is 6.61 Å². The number of halogens is 4. The summed E-state index contributed by atoms with van der Waals surface area (Å²) in [5, 5.41) is 0.313. The Bertz CT molecular complexity index is 674. The highest BCUT2D eigenvalue weighted by atomic mass is 35.5. The van der Waals surface area contributed by atoms with E-state index in [2.05, 4.69) is 4.98 Å². The van der Waals surface area contributed by atoms with Gasteiger partial charge in [0.15, 0.2) is 6.61 Å². The summed E-state index contributed by atoms with van der Waals surface area (Å²) in [5.41, 5.74) is -0.225. The van der Waals surface area contributed by atoms with Gasteiger partial charge < -0.3 is 9.47 Å². The van der Waals surface area contributed by atoms with E-state index in [4.69, 9.17) is 21.1 Å². The maximum Gasteiger partial charge on any atom is 0.416 e. The molecule has 0 saturated heterocycles. The van der Waals surface area contributed by atoms with Gasteiger partial charge in [0.25, 0.3) is 0 Å². The predicted octanol–water partition coefficient (Wildman–Crippen LogP) is 3.88. The van der Waals surface area contributed by atoms with Gasteiger partial charge in [-0.2, -0.15) is 13.2 Å². The molecule has 1 aromatic carbocycles. The molecule has 0 bridgehead atoms. The first-order chi connectivity index (χ1) is 10.8. The fourth-order valence-electron chi connectivity index (χ4n) is 1.60. The maximum absolute atomic E-state index is 12.5. The molecule has 0 amide bonds. The summed E-state index contributed by atoms with van der Waals surface area (Å²) in [6.07, 6.45) is -3.02. The third-order valence-electron chi connectivity index (χ3n) is 2.71. The van der Waals surface area contributed by atoms with Gasteiger partial charge in [0.05, 0.1) is 5.56 Å². The van der Waals surface area contributed by atoms with Gasteiger partial charge >= 0.3 is 12.1 Å². The van der Waals surface area contributed by atoms with E-state index in [-0.39, 0.29) is 12.4 Å². The average molecular weight is 346 g/mol. The van der Waals surface area contributed by atoms with Crippen molar-refractivity contribution in [2.24, 2.45) is 0 Å². The lowest BCUT2D eigenvalue weighted by Gasteiger charge is -2.10. The molecule has 2 aromatic rings. The number of hydrogen-bond acceptors (Lipinski definition) is 4. The van der Waals surface area contributed by atoms with Crippen LogP contribution in [0, 0.1) is 0 Å². The van der Waals surface area contributed by atoms with Crippen LogP contribution in [0.5, 0.6) is 5.75 Å². The number of alkyl halides is 3. The number of ether oxygens (including phenoxy) is 2. The first-order valence-corrected chi connectivity index (χ1v) is 6.78. The third-order valence-corrected chi connectivity index (χ3v) is 2.93. The largest absolute Gasteiger partial charge is 0.482 e. The second kappa shape index (κ2) is 7.32. The highest BCUT2D eigenvalue weighted by molar-refractivity contribution is 6.29. The van der Waals surface area contributed by atoms with Crippen molar-refractivity contribution in [3.8, 4) is 5.75 Å². The molecule has 23 heavy (non-hydrogen) atoms. The molecule has 0 saturated carbocycles. The predicted molar refractivity (Wildman–Crippen MR) is 76.0 cm³/mol. The molecule has 8 heteroatoms. The summed E-state index contributed by atoms with van der Waals surface area (Å²) in [6.45, 7) is -0.530. The van der Waals surface area contributed by atoms with Crippen molar-refractivity contribution < 1.29 is 27.4 Å². The van der Waals surface area contributed by atoms with Gasteiger partial charge in [-0.05, 0) is 24.3 Å². The second-order valence-corrected chi connectivity index (χ2v) is 4.85. The molecule has 2 rings (SSSR count). The summed E-state index contributed by atoms with van der Waals surface area (Å²) in [5.74, 6) is -0.776. The fourth-order valence-corrected chi connectivity index (χ4v) is 1.71. The van der Waals surface area contributed by atoms with Crippen molar-refractivity contribution in [3.05, 3.63) is 58.9 Å². The first kappa shape index (κ1) is 17.1. The van der Waals surface area contributed by atoms with Gasteiger partial charge in [-0.25, -0.2) is 9.78 Å². The Morgan fingerprint density at radius 1 is 1.22 bits per heavy atom.